The fourth-order valence-corrected chi connectivity index (χ4v) is 2.50. The zero-order valence-corrected chi connectivity index (χ0v) is 14.8. The number of carboxylic acid groups (broad SMARTS) is 1. The van der Waals surface area contributed by atoms with Gasteiger partial charge in [0, 0.05) is 6.20 Å². The number of carbonyl (C=O) groups is 1. The number of carboxylic acids is 1. The van der Waals surface area contributed by atoms with E-state index in [1.165, 1.54) is 12.3 Å². The van der Waals surface area contributed by atoms with Crippen LogP contribution >= 0.6 is 11.6 Å². The molecule has 0 bridgehead atoms. The summed E-state index contributed by atoms with van der Waals surface area (Å²) in [5.74, 6) is -0.808. The number of aromatic nitrogens is 1. The van der Waals surface area contributed by atoms with Gasteiger partial charge in [-0.2, -0.15) is 0 Å². The van der Waals surface area contributed by atoms with E-state index in [1.54, 1.807) is 0 Å². The molecule has 1 rings (SSSR count). The average Bonchev–Trinajstić information content (AvgIpc) is 2.34. The molecule has 0 radical (unpaired) electrons. The van der Waals surface area contributed by atoms with Gasteiger partial charge < -0.3 is 14.3 Å². The van der Waals surface area contributed by atoms with Crippen molar-refractivity contribution in [2.75, 3.05) is 13.2 Å². The maximum Gasteiger partial charge on any atom is 0.337 e. The van der Waals surface area contributed by atoms with Crippen LogP contribution in [0.15, 0.2) is 12.3 Å². The van der Waals surface area contributed by atoms with E-state index in [0.717, 1.165) is 0 Å². The predicted molar refractivity (Wildman–Crippen MR) is 84.9 cm³/mol. The first-order chi connectivity index (χ1) is 9.54. The summed E-state index contributed by atoms with van der Waals surface area (Å²) < 4.78 is 11.4. The molecular formula is C14H22ClNO4Si. The van der Waals surface area contributed by atoms with E-state index >= 15 is 0 Å². The van der Waals surface area contributed by atoms with Crippen molar-refractivity contribution in [3.05, 3.63) is 23.0 Å². The maximum atomic E-state index is 10.9. The monoisotopic (exact) mass is 331 g/mol. The molecule has 1 heterocycles. The molecule has 21 heavy (non-hydrogen) atoms. The molecule has 0 unspecified atom stereocenters. The van der Waals surface area contributed by atoms with Crippen molar-refractivity contribution in [2.24, 2.45) is 0 Å². The van der Waals surface area contributed by atoms with E-state index in [2.05, 4.69) is 38.8 Å². The highest BCUT2D eigenvalue weighted by Crippen LogP contribution is 2.36. The van der Waals surface area contributed by atoms with Gasteiger partial charge in [0.15, 0.2) is 19.2 Å². The standard InChI is InChI=1S/C14H22ClNO4Si/c1-14(2,3)21(4,5)20-7-6-19-11-8-10(13(17)18)9-16-12(11)15/h8-9H,6-7H2,1-5H3,(H,17,18). The molecule has 1 aromatic heterocycles. The van der Waals surface area contributed by atoms with Crippen LogP contribution in [-0.2, 0) is 4.43 Å². The summed E-state index contributed by atoms with van der Waals surface area (Å²) in [7, 11) is -1.81. The third-order valence-corrected chi connectivity index (χ3v) is 8.49. The van der Waals surface area contributed by atoms with Crippen LogP contribution in [0.4, 0.5) is 0 Å². The molecule has 1 aromatic rings. The zero-order chi connectivity index (χ0) is 16.3. The lowest BCUT2D eigenvalue weighted by atomic mass is 10.2. The zero-order valence-electron chi connectivity index (χ0n) is 13.1. The topological polar surface area (TPSA) is 68.7 Å². The molecule has 0 aromatic carbocycles. The Bertz CT molecular complexity index is 514. The fourth-order valence-electron chi connectivity index (χ4n) is 1.31. The first-order valence-electron chi connectivity index (χ1n) is 6.70. The highest BCUT2D eigenvalue weighted by molar-refractivity contribution is 6.74. The Kier molecular flexibility index (Phi) is 5.78. The smallest absolute Gasteiger partial charge is 0.337 e. The molecule has 0 aliphatic carbocycles. The van der Waals surface area contributed by atoms with Gasteiger partial charge in [-0.05, 0) is 24.2 Å². The van der Waals surface area contributed by atoms with Crippen molar-refractivity contribution in [3.63, 3.8) is 0 Å². The van der Waals surface area contributed by atoms with Gasteiger partial charge in [0.2, 0.25) is 0 Å². The van der Waals surface area contributed by atoms with Crippen molar-refractivity contribution in [2.45, 2.75) is 38.9 Å². The number of hydrogen-bond donors (Lipinski definition) is 1. The van der Waals surface area contributed by atoms with Crippen LogP contribution in [0.5, 0.6) is 5.75 Å². The van der Waals surface area contributed by atoms with E-state index in [1.807, 2.05) is 0 Å². The van der Waals surface area contributed by atoms with Gasteiger partial charge in [-0.1, -0.05) is 32.4 Å². The van der Waals surface area contributed by atoms with Crippen LogP contribution in [0.3, 0.4) is 0 Å². The van der Waals surface area contributed by atoms with Gasteiger partial charge in [0.1, 0.15) is 6.61 Å². The third-order valence-electron chi connectivity index (χ3n) is 3.66. The summed E-state index contributed by atoms with van der Waals surface area (Å²) in [5, 5.41) is 9.19. The van der Waals surface area contributed by atoms with Gasteiger partial charge >= 0.3 is 5.97 Å². The van der Waals surface area contributed by atoms with Crippen molar-refractivity contribution in [1.82, 2.24) is 4.98 Å². The highest BCUT2D eigenvalue weighted by atomic mass is 35.5. The summed E-state index contributed by atoms with van der Waals surface area (Å²) in [6.07, 6.45) is 1.20. The number of aromatic carboxylic acids is 1. The largest absolute Gasteiger partial charge is 0.488 e. The quantitative estimate of drug-likeness (QED) is 0.487. The van der Waals surface area contributed by atoms with E-state index in [-0.39, 0.29) is 21.5 Å². The molecule has 0 aliphatic rings. The second-order valence-corrected chi connectivity index (χ2v) is 11.4. The van der Waals surface area contributed by atoms with Crippen molar-refractivity contribution < 1.29 is 19.1 Å². The molecule has 0 saturated heterocycles. The summed E-state index contributed by atoms with van der Waals surface area (Å²) >= 11 is 5.88. The normalized spacial score (nSPS) is 12.3. The van der Waals surface area contributed by atoms with Crippen molar-refractivity contribution >= 4 is 25.9 Å². The lowest BCUT2D eigenvalue weighted by molar-refractivity contribution is 0.0696. The van der Waals surface area contributed by atoms with Crippen LogP contribution in [0.2, 0.25) is 23.3 Å². The third kappa shape index (κ3) is 4.98. The number of hydrogen-bond acceptors (Lipinski definition) is 4. The maximum absolute atomic E-state index is 10.9. The Morgan fingerprint density at radius 3 is 2.52 bits per heavy atom. The molecule has 0 atom stereocenters. The van der Waals surface area contributed by atoms with E-state index in [4.69, 9.17) is 25.9 Å². The Labute approximate surface area is 131 Å². The average molecular weight is 332 g/mol. The van der Waals surface area contributed by atoms with E-state index in [0.29, 0.717) is 13.2 Å². The molecule has 0 fully saturated rings. The first-order valence-corrected chi connectivity index (χ1v) is 9.99. The predicted octanol–water partition coefficient (Wildman–Crippen LogP) is 3.83. The van der Waals surface area contributed by atoms with Gasteiger partial charge in [-0.3, -0.25) is 0 Å². The van der Waals surface area contributed by atoms with Crippen molar-refractivity contribution in [1.29, 1.82) is 0 Å². The SMILES string of the molecule is CC(C)(C)[Si](C)(C)OCCOc1cc(C(=O)O)cnc1Cl. The second kappa shape index (κ2) is 6.77. The van der Waals surface area contributed by atoms with Crippen LogP contribution < -0.4 is 4.74 Å². The van der Waals surface area contributed by atoms with Gasteiger partial charge in [-0.25, -0.2) is 9.78 Å². The molecule has 0 aliphatic heterocycles. The van der Waals surface area contributed by atoms with E-state index < -0.39 is 14.3 Å². The van der Waals surface area contributed by atoms with E-state index in [9.17, 15) is 4.79 Å². The number of pyridine rings is 1. The molecule has 0 saturated carbocycles. The molecule has 1 N–H and O–H groups in total. The number of ether oxygens (including phenoxy) is 1. The van der Waals surface area contributed by atoms with Crippen molar-refractivity contribution in [3.8, 4) is 5.75 Å². The van der Waals surface area contributed by atoms with Gasteiger partial charge in [0.05, 0.1) is 12.2 Å². The molecule has 118 valence electrons. The lowest BCUT2D eigenvalue weighted by Crippen LogP contribution is -2.41. The Morgan fingerprint density at radius 2 is 2.00 bits per heavy atom. The first kappa shape index (κ1) is 17.9. The molecule has 0 amide bonds. The number of rotatable bonds is 6. The summed E-state index contributed by atoms with van der Waals surface area (Å²) in [6.45, 7) is 11.5. The summed E-state index contributed by atoms with van der Waals surface area (Å²) in [5.41, 5.74) is 0.0414. The Hall–Kier alpha value is -1.11. The summed E-state index contributed by atoms with van der Waals surface area (Å²) in [4.78, 5) is 14.7. The van der Waals surface area contributed by atoms with Gasteiger partial charge in [0.25, 0.3) is 0 Å². The van der Waals surface area contributed by atoms with Crippen LogP contribution in [-0.4, -0.2) is 37.6 Å². The Morgan fingerprint density at radius 1 is 1.38 bits per heavy atom. The fraction of sp³-hybridized carbons (Fsp3) is 0.571. The molecular weight excluding hydrogens is 310 g/mol. The summed E-state index contributed by atoms with van der Waals surface area (Å²) in [6, 6.07) is 1.37. The molecule has 7 heteroatoms. The number of nitrogens with zero attached hydrogens (tertiary/aromatic N) is 1. The Balaban J connectivity index is 2.57. The highest BCUT2D eigenvalue weighted by Gasteiger charge is 2.36. The van der Waals surface area contributed by atoms with Crippen LogP contribution in [0, 0.1) is 0 Å². The minimum atomic E-state index is -1.81. The number of halogens is 1. The van der Waals surface area contributed by atoms with Gasteiger partial charge in [-0.15, -0.1) is 0 Å². The lowest BCUT2D eigenvalue weighted by Gasteiger charge is -2.36. The molecule has 0 spiro atoms. The molecule has 5 nitrogen and oxygen atoms in total. The van der Waals surface area contributed by atoms with Crippen LogP contribution in [0.25, 0.3) is 0 Å². The minimum Gasteiger partial charge on any atom is -0.488 e. The van der Waals surface area contributed by atoms with Crippen LogP contribution in [0.1, 0.15) is 31.1 Å². The minimum absolute atomic E-state index is 0.0414. The second-order valence-electron chi connectivity index (χ2n) is 6.28.